The van der Waals surface area contributed by atoms with Crippen molar-refractivity contribution >= 4 is 34.4 Å². The highest BCUT2D eigenvalue weighted by Gasteiger charge is 2.30. The van der Waals surface area contributed by atoms with Crippen LogP contribution in [0.15, 0.2) is 60.9 Å². The molecular weight excluding hydrogens is 544 g/mol. The highest BCUT2D eigenvalue weighted by molar-refractivity contribution is 6.05. The number of fused-ring (bicyclic) bond motifs is 1. The van der Waals surface area contributed by atoms with Gasteiger partial charge < -0.3 is 25.4 Å². The second-order valence-corrected chi connectivity index (χ2v) is 11.6. The minimum Gasteiger partial charge on any atom is -0.465 e. The summed E-state index contributed by atoms with van der Waals surface area (Å²) in [6, 6.07) is 15.3. The number of aryl methyl sites for hydroxylation is 1. The summed E-state index contributed by atoms with van der Waals surface area (Å²) < 4.78 is 6.54. The molecule has 0 radical (unpaired) electrons. The predicted octanol–water partition coefficient (Wildman–Crippen LogP) is 6.72. The van der Waals surface area contributed by atoms with Crippen LogP contribution in [0.4, 0.5) is 16.4 Å². The van der Waals surface area contributed by atoms with Gasteiger partial charge in [0.25, 0.3) is 0 Å². The zero-order chi connectivity index (χ0) is 29.9. The van der Waals surface area contributed by atoms with Crippen LogP contribution in [0.25, 0.3) is 22.0 Å². The lowest BCUT2D eigenvalue weighted by Crippen LogP contribution is -2.44. The number of hydrogen-bond acceptors (Lipinski definition) is 7. The smallest absolute Gasteiger partial charge is 0.407 e. The standard InChI is InChI=1S/C33H36N6O4/c1-20-7-3-9-23(20)30(40)37-27-12-4-10-25-24(27)14-13-21(2)29(25)43-31-26(11-5-16-34-31)28-15-17-35-32(38-28)36-22-8-6-18-39(19-22)33(41)42/h4-5,10-17,20,22-23H,3,6-9,18-19H2,1-2H3,(H,37,40)(H,41,42)(H,35,36,38). The van der Waals surface area contributed by atoms with Crippen molar-refractivity contribution in [2.45, 2.75) is 52.0 Å². The normalized spacial score (nSPS) is 20.1. The molecule has 2 aromatic heterocycles. The zero-order valence-electron chi connectivity index (χ0n) is 24.4. The Kier molecular flexibility index (Phi) is 8.09. The minimum atomic E-state index is -0.917. The molecule has 2 amide bonds. The number of carbonyl (C=O) groups is 2. The van der Waals surface area contributed by atoms with E-state index < -0.39 is 6.09 Å². The first-order chi connectivity index (χ1) is 20.9. The molecule has 1 aliphatic heterocycles. The van der Waals surface area contributed by atoms with E-state index in [2.05, 4.69) is 27.5 Å². The summed E-state index contributed by atoms with van der Waals surface area (Å²) in [4.78, 5) is 39.6. The van der Waals surface area contributed by atoms with Crippen LogP contribution in [0.2, 0.25) is 0 Å². The fourth-order valence-corrected chi connectivity index (χ4v) is 6.24. The van der Waals surface area contributed by atoms with Gasteiger partial charge in [-0.2, -0.15) is 0 Å². The van der Waals surface area contributed by atoms with Gasteiger partial charge in [-0.05, 0) is 68.4 Å². The van der Waals surface area contributed by atoms with Crippen LogP contribution in [-0.4, -0.2) is 56.1 Å². The van der Waals surface area contributed by atoms with Gasteiger partial charge in [0.1, 0.15) is 5.75 Å². The first kappa shape index (κ1) is 28.4. The van der Waals surface area contributed by atoms with Crippen molar-refractivity contribution in [1.29, 1.82) is 0 Å². The van der Waals surface area contributed by atoms with E-state index >= 15 is 0 Å². The molecule has 0 spiro atoms. The van der Waals surface area contributed by atoms with E-state index in [0.717, 1.165) is 54.1 Å². The molecule has 6 rings (SSSR count). The highest BCUT2D eigenvalue weighted by Crippen LogP contribution is 2.39. The van der Waals surface area contributed by atoms with Crippen LogP contribution in [0.5, 0.6) is 11.6 Å². The topological polar surface area (TPSA) is 130 Å². The number of likely N-dealkylation sites (tertiary alicyclic amines) is 1. The van der Waals surface area contributed by atoms with Gasteiger partial charge in [-0.25, -0.2) is 19.7 Å². The maximum Gasteiger partial charge on any atom is 0.407 e. The Hall–Kier alpha value is -4.73. The summed E-state index contributed by atoms with van der Waals surface area (Å²) in [5, 5.41) is 17.6. The lowest BCUT2D eigenvalue weighted by atomic mass is 9.97. The number of aromatic nitrogens is 3. The number of benzene rings is 2. The molecule has 1 saturated carbocycles. The summed E-state index contributed by atoms with van der Waals surface area (Å²) in [5.74, 6) is 1.97. The number of nitrogens with one attached hydrogen (secondary N) is 2. The lowest BCUT2D eigenvalue weighted by molar-refractivity contribution is -0.120. The Bertz CT molecular complexity index is 1660. The average Bonchev–Trinajstić information content (AvgIpc) is 3.45. The fraction of sp³-hybridized carbons (Fsp3) is 0.364. The van der Waals surface area contributed by atoms with Crippen molar-refractivity contribution in [3.8, 4) is 22.9 Å². The Morgan fingerprint density at radius 3 is 2.67 bits per heavy atom. The Labute approximate surface area is 250 Å². The van der Waals surface area contributed by atoms with Gasteiger partial charge in [0.2, 0.25) is 17.7 Å². The Morgan fingerprint density at radius 2 is 1.86 bits per heavy atom. The van der Waals surface area contributed by atoms with Gasteiger partial charge in [-0.1, -0.05) is 37.6 Å². The molecule has 2 aromatic carbocycles. The van der Waals surface area contributed by atoms with Gasteiger partial charge in [0, 0.05) is 53.9 Å². The monoisotopic (exact) mass is 580 g/mol. The molecule has 2 fully saturated rings. The number of hydrogen-bond donors (Lipinski definition) is 3. The third-order valence-corrected chi connectivity index (χ3v) is 8.59. The Balaban J connectivity index is 1.27. The van der Waals surface area contributed by atoms with E-state index in [0.29, 0.717) is 47.8 Å². The minimum absolute atomic E-state index is 0.0361. The number of ether oxygens (including phenoxy) is 1. The van der Waals surface area contributed by atoms with Crippen LogP contribution in [-0.2, 0) is 4.79 Å². The third-order valence-electron chi connectivity index (χ3n) is 8.59. The molecule has 10 heteroatoms. The van der Waals surface area contributed by atoms with E-state index in [1.165, 1.54) is 4.90 Å². The van der Waals surface area contributed by atoms with E-state index in [9.17, 15) is 14.7 Å². The number of piperidine rings is 1. The molecular formula is C33H36N6O4. The maximum atomic E-state index is 13.1. The zero-order valence-corrected chi connectivity index (χ0v) is 24.4. The highest BCUT2D eigenvalue weighted by atomic mass is 16.5. The molecule has 222 valence electrons. The molecule has 3 atom stereocenters. The van der Waals surface area contributed by atoms with Crippen LogP contribution >= 0.6 is 0 Å². The van der Waals surface area contributed by atoms with Gasteiger partial charge in [0.15, 0.2) is 0 Å². The van der Waals surface area contributed by atoms with Crippen LogP contribution in [0, 0.1) is 18.8 Å². The summed E-state index contributed by atoms with van der Waals surface area (Å²) in [6.45, 7) is 5.05. The van der Waals surface area contributed by atoms with Gasteiger partial charge in [0.05, 0.1) is 11.3 Å². The number of carbonyl (C=O) groups excluding carboxylic acids is 1. The average molecular weight is 581 g/mol. The molecule has 43 heavy (non-hydrogen) atoms. The molecule has 4 aromatic rings. The molecule has 1 aliphatic carbocycles. The molecule has 0 bridgehead atoms. The van der Waals surface area contributed by atoms with Gasteiger partial charge in [-0.3, -0.25) is 4.79 Å². The van der Waals surface area contributed by atoms with Crippen molar-refractivity contribution in [2.75, 3.05) is 23.7 Å². The fourth-order valence-electron chi connectivity index (χ4n) is 6.24. The summed E-state index contributed by atoms with van der Waals surface area (Å²) in [6.07, 6.45) is 7.15. The first-order valence-corrected chi connectivity index (χ1v) is 14.9. The Morgan fingerprint density at radius 1 is 0.977 bits per heavy atom. The summed E-state index contributed by atoms with van der Waals surface area (Å²) in [5.41, 5.74) is 3.02. The van der Waals surface area contributed by atoms with Crippen molar-refractivity contribution in [2.24, 2.45) is 11.8 Å². The van der Waals surface area contributed by atoms with Crippen LogP contribution < -0.4 is 15.4 Å². The third kappa shape index (κ3) is 6.09. The van der Waals surface area contributed by atoms with Crippen molar-refractivity contribution < 1.29 is 19.4 Å². The van der Waals surface area contributed by atoms with Gasteiger partial charge in [-0.15, -0.1) is 0 Å². The SMILES string of the molecule is Cc1ccc2c(NC(=O)C3CCCC3C)cccc2c1Oc1ncccc1-c1ccnc(NC2CCCN(C(=O)O)C2)n1. The van der Waals surface area contributed by atoms with Crippen LogP contribution in [0.3, 0.4) is 0 Å². The maximum absolute atomic E-state index is 13.1. The number of nitrogens with zero attached hydrogens (tertiary/aromatic N) is 4. The number of carboxylic acid groups (broad SMARTS) is 1. The molecule has 3 heterocycles. The summed E-state index contributed by atoms with van der Waals surface area (Å²) in [7, 11) is 0. The number of rotatable bonds is 7. The van der Waals surface area contributed by atoms with E-state index in [-0.39, 0.29) is 17.9 Å². The molecule has 3 N–H and O–H groups in total. The second kappa shape index (κ2) is 12.2. The van der Waals surface area contributed by atoms with Crippen molar-refractivity contribution in [1.82, 2.24) is 19.9 Å². The van der Waals surface area contributed by atoms with E-state index in [1.807, 2.05) is 49.4 Å². The quantitative estimate of drug-likeness (QED) is 0.220. The molecule has 3 unspecified atom stereocenters. The molecule has 1 saturated heterocycles. The van der Waals surface area contributed by atoms with E-state index in [1.54, 1.807) is 18.5 Å². The van der Waals surface area contributed by atoms with Crippen molar-refractivity contribution in [3.05, 3.63) is 66.5 Å². The van der Waals surface area contributed by atoms with Gasteiger partial charge >= 0.3 is 6.09 Å². The second-order valence-electron chi connectivity index (χ2n) is 11.6. The molecule has 10 nitrogen and oxygen atoms in total. The lowest BCUT2D eigenvalue weighted by Gasteiger charge is -2.31. The first-order valence-electron chi connectivity index (χ1n) is 14.9. The summed E-state index contributed by atoms with van der Waals surface area (Å²) >= 11 is 0. The number of amides is 2. The van der Waals surface area contributed by atoms with E-state index in [4.69, 9.17) is 9.72 Å². The number of anilines is 2. The predicted molar refractivity (Wildman–Crippen MR) is 165 cm³/mol. The van der Waals surface area contributed by atoms with Crippen molar-refractivity contribution in [3.63, 3.8) is 0 Å². The molecule has 2 aliphatic rings. The number of pyridine rings is 1. The largest absolute Gasteiger partial charge is 0.465 e. The van der Waals surface area contributed by atoms with Crippen LogP contribution in [0.1, 0.15) is 44.6 Å².